The van der Waals surface area contributed by atoms with Crippen LogP contribution in [-0.2, 0) is 16.1 Å². The Morgan fingerprint density at radius 2 is 1.43 bits per heavy atom. The first-order valence-electron chi connectivity index (χ1n) is 8.99. The molecule has 0 aliphatic heterocycles. The summed E-state index contributed by atoms with van der Waals surface area (Å²) in [5.41, 5.74) is 4.07. The van der Waals surface area contributed by atoms with Gasteiger partial charge in [-0.15, -0.1) is 0 Å². The fourth-order valence-corrected chi connectivity index (χ4v) is 2.75. The van der Waals surface area contributed by atoms with Gasteiger partial charge in [0, 0.05) is 12.0 Å². The third kappa shape index (κ3) is 5.15. The van der Waals surface area contributed by atoms with Crippen molar-refractivity contribution in [3.63, 3.8) is 0 Å². The number of hydrogen-bond acceptors (Lipinski definition) is 4. The molecule has 28 heavy (non-hydrogen) atoms. The lowest BCUT2D eigenvalue weighted by Crippen LogP contribution is -2.08. The van der Waals surface area contributed by atoms with E-state index < -0.39 is 5.97 Å². The molecule has 0 aromatic heterocycles. The minimum atomic E-state index is -0.418. The van der Waals surface area contributed by atoms with E-state index >= 15 is 0 Å². The molecule has 0 fully saturated rings. The summed E-state index contributed by atoms with van der Waals surface area (Å²) in [6, 6.07) is 26.2. The number of Topliss-reactive ketones (excluding diaryl/α,β-unsaturated/α-hetero) is 1. The molecule has 0 saturated heterocycles. The van der Waals surface area contributed by atoms with E-state index in [4.69, 9.17) is 10.00 Å². The summed E-state index contributed by atoms with van der Waals surface area (Å²) in [5.74, 6) is -0.506. The molecular formula is C24H19NO3. The summed E-state index contributed by atoms with van der Waals surface area (Å²) in [4.78, 5) is 24.2. The predicted octanol–water partition coefficient (Wildman–Crippen LogP) is 4.93. The first-order valence-corrected chi connectivity index (χ1v) is 8.99. The van der Waals surface area contributed by atoms with Gasteiger partial charge in [-0.25, -0.2) is 0 Å². The number of hydrogen-bond donors (Lipinski definition) is 0. The molecule has 138 valence electrons. The van der Waals surface area contributed by atoms with Crippen LogP contribution in [0.15, 0.2) is 78.9 Å². The number of nitriles is 1. The van der Waals surface area contributed by atoms with Gasteiger partial charge >= 0.3 is 5.97 Å². The van der Waals surface area contributed by atoms with Crippen LogP contribution in [-0.4, -0.2) is 11.8 Å². The summed E-state index contributed by atoms with van der Waals surface area (Å²) >= 11 is 0. The summed E-state index contributed by atoms with van der Waals surface area (Å²) in [6.07, 6.45) is 0.145. The average molecular weight is 369 g/mol. The van der Waals surface area contributed by atoms with E-state index in [1.54, 1.807) is 36.4 Å². The number of carbonyl (C=O) groups excluding carboxylic acids is 2. The molecule has 3 aromatic rings. The van der Waals surface area contributed by atoms with Gasteiger partial charge in [0.05, 0.1) is 18.1 Å². The number of carbonyl (C=O) groups is 2. The minimum Gasteiger partial charge on any atom is -0.461 e. The van der Waals surface area contributed by atoms with Crippen molar-refractivity contribution in [3.8, 4) is 17.2 Å². The Morgan fingerprint density at radius 3 is 2.07 bits per heavy atom. The second-order valence-electron chi connectivity index (χ2n) is 6.34. The van der Waals surface area contributed by atoms with Crippen LogP contribution in [0.4, 0.5) is 0 Å². The maximum Gasteiger partial charge on any atom is 0.306 e. The molecular weight excluding hydrogens is 350 g/mol. The second-order valence-corrected chi connectivity index (χ2v) is 6.34. The van der Waals surface area contributed by atoms with Crippen LogP contribution >= 0.6 is 0 Å². The maximum atomic E-state index is 12.3. The molecule has 0 aliphatic carbocycles. The number of ketones is 1. The fraction of sp³-hybridized carbons (Fsp3) is 0.125. The molecule has 3 aromatic carbocycles. The predicted molar refractivity (Wildman–Crippen MR) is 106 cm³/mol. The van der Waals surface area contributed by atoms with Gasteiger partial charge in [0.1, 0.15) is 6.61 Å². The molecule has 0 heterocycles. The monoisotopic (exact) mass is 369 g/mol. The Labute approximate surface area is 164 Å². The Balaban J connectivity index is 1.48. The summed E-state index contributed by atoms with van der Waals surface area (Å²) < 4.78 is 5.19. The van der Waals surface area contributed by atoms with E-state index in [2.05, 4.69) is 0 Å². The van der Waals surface area contributed by atoms with Gasteiger partial charge < -0.3 is 4.74 Å². The fourth-order valence-electron chi connectivity index (χ4n) is 2.75. The first-order chi connectivity index (χ1) is 13.7. The zero-order chi connectivity index (χ0) is 19.8. The SMILES string of the molecule is N#Cc1ccc(COC(=O)CCC(=O)c2ccc(-c3ccccc3)cc2)cc1. The quantitative estimate of drug-likeness (QED) is 0.437. The van der Waals surface area contributed by atoms with Gasteiger partial charge in [-0.2, -0.15) is 5.26 Å². The number of benzene rings is 3. The maximum absolute atomic E-state index is 12.3. The van der Waals surface area contributed by atoms with Gasteiger partial charge in [-0.05, 0) is 28.8 Å². The molecule has 0 atom stereocenters. The Bertz CT molecular complexity index is 985. The molecule has 0 saturated carbocycles. The lowest BCUT2D eigenvalue weighted by Gasteiger charge is -2.06. The highest BCUT2D eigenvalue weighted by molar-refractivity contribution is 5.97. The van der Waals surface area contributed by atoms with E-state index in [1.165, 1.54) is 0 Å². The van der Waals surface area contributed by atoms with Gasteiger partial charge in [-0.3, -0.25) is 9.59 Å². The smallest absolute Gasteiger partial charge is 0.306 e. The molecule has 3 rings (SSSR count). The highest BCUT2D eigenvalue weighted by Gasteiger charge is 2.11. The van der Waals surface area contributed by atoms with Crippen molar-refractivity contribution >= 4 is 11.8 Å². The normalized spacial score (nSPS) is 10.1. The topological polar surface area (TPSA) is 67.2 Å². The Hall–Kier alpha value is -3.71. The zero-order valence-corrected chi connectivity index (χ0v) is 15.3. The summed E-state index contributed by atoms with van der Waals surface area (Å²) in [7, 11) is 0. The van der Waals surface area contributed by atoms with Crippen molar-refractivity contribution in [2.45, 2.75) is 19.4 Å². The van der Waals surface area contributed by atoms with Crippen LogP contribution in [0.25, 0.3) is 11.1 Å². The molecule has 4 nitrogen and oxygen atoms in total. The van der Waals surface area contributed by atoms with E-state index in [9.17, 15) is 9.59 Å². The van der Waals surface area contributed by atoms with E-state index in [0.717, 1.165) is 16.7 Å². The molecule has 0 unspecified atom stereocenters. The van der Waals surface area contributed by atoms with E-state index in [1.807, 2.05) is 48.5 Å². The number of nitrogens with zero attached hydrogens (tertiary/aromatic N) is 1. The van der Waals surface area contributed by atoms with Crippen LogP contribution in [0, 0.1) is 11.3 Å². The highest BCUT2D eigenvalue weighted by Crippen LogP contribution is 2.20. The number of rotatable bonds is 7. The summed E-state index contributed by atoms with van der Waals surface area (Å²) in [6.45, 7) is 0.129. The van der Waals surface area contributed by atoms with Gasteiger partial charge in [-0.1, -0.05) is 66.7 Å². The van der Waals surface area contributed by atoms with E-state index in [0.29, 0.717) is 11.1 Å². The standard InChI is InChI=1S/C24H19NO3/c25-16-18-6-8-19(9-7-18)17-28-24(27)15-14-23(26)22-12-10-21(11-13-22)20-4-2-1-3-5-20/h1-13H,14-15,17H2. The first kappa shape index (κ1) is 19.1. The molecule has 4 heteroatoms. The Morgan fingerprint density at radius 1 is 0.786 bits per heavy atom. The molecule has 0 bridgehead atoms. The lowest BCUT2D eigenvalue weighted by atomic mass is 10.0. The summed E-state index contributed by atoms with van der Waals surface area (Å²) in [5, 5.41) is 8.77. The van der Waals surface area contributed by atoms with Gasteiger partial charge in [0.2, 0.25) is 0 Å². The molecule has 0 amide bonds. The second kappa shape index (κ2) is 9.29. The molecule has 0 radical (unpaired) electrons. The van der Waals surface area contributed by atoms with E-state index in [-0.39, 0.29) is 25.2 Å². The van der Waals surface area contributed by atoms with Crippen LogP contribution in [0.2, 0.25) is 0 Å². The van der Waals surface area contributed by atoms with Crippen molar-refractivity contribution in [3.05, 3.63) is 95.6 Å². The molecule has 0 N–H and O–H groups in total. The van der Waals surface area contributed by atoms with Gasteiger partial charge in [0.25, 0.3) is 0 Å². The highest BCUT2D eigenvalue weighted by atomic mass is 16.5. The van der Waals surface area contributed by atoms with Crippen LogP contribution in [0.3, 0.4) is 0 Å². The molecule has 0 spiro atoms. The van der Waals surface area contributed by atoms with Crippen molar-refractivity contribution in [2.75, 3.05) is 0 Å². The third-order valence-electron chi connectivity index (χ3n) is 4.35. The van der Waals surface area contributed by atoms with Crippen molar-refractivity contribution in [1.29, 1.82) is 5.26 Å². The largest absolute Gasteiger partial charge is 0.461 e. The number of esters is 1. The van der Waals surface area contributed by atoms with Crippen LogP contribution in [0.5, 0.6) is 0 Å². The minimum absolute atomic E-state index is 0.0373. The van der Waals surface area contributed by atoms with Gasteiger partial charge in [0.15, 0.2) is 5.78 Å². The zero-order valence-electron chi connectivity index (χ0n) is 15.3. The van der Waals surface area contributed by atoms with Crippen LogP contribution in [0.1, 0.15) is 34.3 Å². The number of ether oxygens (including phenoxy) is 1. The van der Waals surface area contributed by atoms with Crippen molar-refractivity contribution in [2.24, 2.45) is 0 Å². The van der Waals surface area contributed by atoms with Crippen LogP contribution < -0.4 is 0 Å². The lowest BCUT2D eigenvalue weighted by molar-refractivity contribution is -0.144. The van der Waals surface area contributed by atoms with Crippen molar-refractivity contribution < 1.29 is 14.3 Å². The van der Waals surface area contributed by atoms with Crippen molar-refractivity contribution in [1.82, 2.24) is 0 Å². The molecule has 0 aliphatic rings. The average Bonchev–Trinajstić information content (AvgIpc) is 2.77. The third-order valence-corrected chi connectivity index (χ3v) is 4.35. The Kier molecular flexibility index (Phi) is 6.33.